The van der Waals surface area contributed by atoms with Gasteiger partial charge in [-0.15, -0.1) is 11.3 Å². The number of fused-ring (bicyclic) bond motifs is 4. The number of cyclic esters (lactones) is 1. The predicted molar refractivity (Wildman–Crippen MR) is 98.3 cm³/mol. The topological polar surface area (TPSA) is 26.3 Å². The third kappa shape index (κ3) is 1.91. The number of carbonyl (C=O) groups is 1. The van der Waals surface area contributed by atoms with Gasteiger partial charge in [0.2, 0.25) is 0 Å². The molecule has 3 aromatic rings. The predicted octanol–water partition coefficient (Wildman–Crippen LogP) is 5.11. The van der Waals surface area contributed by atoms with Gasteiger partial charge in [-0.3, -0.25) is 4.79 Å². The van der Waals surface area contributed by atoms with Crippen LogP contribution in [0.2, 0.25) is 0 Å². The molecule has 2 unspecified atom stereocenters. The van der Waals surface area contributed by atoms with Gasteiger partial charge in [0.25, 0.3) is 0 Å². The van der Waals surface area contributed by atoms with Crippen molar-refractivity contribution < 1.29 is 9.53 Å². The number of thiophene rings is 1. The van der Waals surface area contributed by atoms with Crippen LogP contribution in [0, 0.1) is 11.3 Å². The van der Waals surface area contributed by atoms with Gasteiger partial charge in [0.15, 0.2) is 0 Å². The van der Waals surface area contributed by atoms with Crippen molar-refractivity contribution in [2.45, 2.75) is 19.3 Å². The van der Waals surface area contributed by atoms with Crippen molar-refractivity contribution in [2.75, 3.05) is 6.61 Å². The van der Waals surface area contributed by atoms with Gasteiger partial charge in [-0.2, -0.15) is 0 Å². The highest BCUT2D eigenvalue weighted by atomic mass is 32.1. The van der Waals surface area contributed by atoms with E-state index in [1.807, 2.05) is 11.3 Å². The Hall–Kier alpha value is -2.13. The van der Waals surface area contributed by atoms with Crippen LogP contribution < -0.4 is 0 Å². The molecule has 0 N–H and O–H groups in total. The first kappa shape index (κ1) is 14.2. The fourth-order valence-corrected chi connectivity index (χ4v) is 5.60. The van der Waals surface area contributed by atoms with E-state index in [1.165, 1.54) is 31.3 Å². The van der Waals surface area contributed by atoms with E-state index in [0.29, 0.717) is 12.5 Å². The number of benzene rings is 2. The van der Waals surface area contributed by atoms with Crippen molar-refractivity contribution in [3.8, 4) is 0 Å². The minimum absolute atomic E-state index is 0.0265. The summed E-state index contributed by atoms with van der Waals surface area (Å²) in [5.41, 5.74) is 2.04. The summed E-state index contributed by atoms with van der Waals surface area (Å²) in [6.07, 6.45) is 2.46. The zero-order valence-corrected chi connectivity index (χ0v) is 14.2. The fourth-order valence-electron chi connectivity index (χ4n) is 4.51. The van der Waals surface area contributed by atoms with E-state index in [2.05, 4.69) is 49.0 Å². The molecule has 1 aliphatic heterocycles. The summed E-state index contributed by atoms with van der Waals surface area (Å²) in [6.45, 7) is 4.69. The molecular weight excluding hydrogens is 316 g/mol. The number of rotatable bonds is 2. The van der Waals surface area contributed by atoms with Crippen LogP contribution in [0.3, 0.4) is 0 Å². The van der Waals surface area contributed by atoms with Gasteiger partial charge in [-0.1, -0.05) is 36.4 Å². The van der Waals surface area contributed by atoms with Crippen molar-refractivity contribution >= 4 is 37.5 Å². The van der Waals surface area contributed by atoms with Gasteiger partial charge in [0.05, 0.1) is 12.0 Å². The summed E-state index contributed by atoms with van der Waals surface area (Å²) in [6, 6.07) is 15.2. The van der Waals surface area contributed by atoms with E-state index < -0.39 is 0 Å². The average molecular weight is 334 g/mol. The third-order valence-corrected chi connectivity index (χ3v) is 6.82. The van der Waals surface area contributed by atoms with Crippen LogP contribution in [0.4, 0.5) is 0 Å². The molecule has 0 amide bonds. The summed E-state index contributed by atoms with van der Waals surface area (Å²) in [4.78, 5) is 12.5. The average Bonchev–Trinajstić information content (AvgIpc) is 3.19. The number of hydrogen-bond acceptors (Lipinski definition) is 3. The minimum atomic E-state index is -0.378. The Morgan fingerprint density at radius 3 is 2.92 bits per heavy atom. The first-order valence-corrected chi connectivity index (χ1v) is 9.21. The molecule has 2 heterocycles. The van der Waals surface area contributed by atoms with Gasteiger partial charge in [-0.25, -0.2) is 0 Å². The van der Waals surface area contributed by atoms with E-state index in [0.717, 1.165) is 19.3 Å². The Morgan fingerprint density at radius 2 is 2.00 bits per heavy atom. The zero-order valence-electron chi connectivity index (χ0n) is 13.4. The summed E-state index contributed by atoms with van der Waals surface area (Å²) >= 11 is 1.83. The van der Waals surface area contributed by atoms with E-state index in [9.17, 15) is 4.79 Å². The lowest BCUT2D eigenvalue weighted by Gasteiger charge is -2.24. The van der Waals surface area contributed by atoms with E-state index >= 15 is 0 Å². The summed E-state index contributed by atoms with van der Waals surface area (Å²) in [5.74, 6) is 0.272. The normalized spacial score (nSPS) is 26.2. The Kier molecular flexibility index (Phi) is 2.93. The van der Waals surface area contributed by atoms with Crippen LogP contribution in [-0.4, -0.2) is 12.6 Å². The van der Waals surface area contributed by atoms with Crippen molar-refractivity contribution in [1.82, 2.24) is 0 Å². The summed E-state index contributed by atoms with van der Waals surface area (Å²) in [7, 11) is 0. The number of allylic oxidation sites excluding steroid dienone is 1. The first-order chi connectivity index (χ1) is 11.7. The van der Waals surface area contributed by atoms with Gasteiger partial charge in [0, 0.05) is 26.1 Å². The highest BCUT2D eigenvalue weighted by Gasteiger charge is 2.55. The third-order valence-electron chi connectivity index (χ3n) is 5.66. The van der Waals surface area contributed by atoms with Crippen LogP contribution in [0.15, 0.2) is 54.6 Å². The first-order valence-electron chi connectivity index (χ1n) is 8.40. The molecule has 24 heavy (non-hydrogen) atoms. The molecule has 0 spiro atoms. The Balaban J connectivity index is 1.60. The molecule has 2 fully saturated rings. The molecule has 0 radical (unpaired) electrons. The van der Waals surface area contributed by atoms with Crippen molar-refractivity contribution in [3.05, 3.63) is 60.2 Å². The molecule has 2 aromatic carbocycles. The second-order valence-electron chi connectivity index (χ2n) is 7.19. The minimum Gasteiger partial charge on any atom is -0.465 e. The molecule has 120 valence electrons. The van der Waals surface area contributed by atoms with Crippen molar-refractivity contribution in [2.24, 2.45) is 11.3 Å². The van der Waals surface area contributed by atoms with Crippen molar-refractivity contribution in [3.63, 3.8) is 0 Å². The molecule has 2 atom stereocenters. The van der Waals surface area contributed by atoms with Crippen LogP contribution in [0.5, 0.6) is 0 Å². The Bertz CT molecular complexity index is 999. The largest absolute Gasteiger partial charge is 0.465 e. The SMILES string of the molecule is C=C1CC2COC(=O)C2(Cc2ccc3sc4ccccc4c3c2)C1. The number of esters is 1. The van der Waals surface area contributed by atoms with E-state index in [-0.39, 0.29) is 11.4 Å². The lowest BCUT2D eigenvalue weighted by atomic mass is 9.75. The van der Waals surface area contributed by atoms with E-state index in [4.69, 9.17) is 4.74 Å². The maximum atomic E-state index is 12.5. The Labute approximate surface area is 144 Å². The van der Waals surface area contributed by atoms with Gasteiger partial charge in [-0.05, 0) is 43.0 Å². The maximum absolute atomic E-state index is 12.5. The van der Waals surface area contributed by atoms with E-state index in [1.54, 1.807) is 0 Å². The highest BCUT2D eigenvalue weighted by molar-refractivity contribution is 7.25. The summed E-state index contributed by atoms with van der Waals surface area (Å²) < 4.78 is 8.03. The van der Waals surface area contributed by atoms with Crippen LogP contribution in [0.25, 0.3) is 20.2 Å². The molecule has 1 aliphatic carbocycles. The second-order valence-corrected chi connectivity index (χ2v) is 8.27. The molecule has 1 aromatic heterocycles. The zero-order chi connectivity index (χ0) is 16.3. The van der Waals surface area contributed by atoms with Crippen molar-refractivity contribution in [1.29, 1.82) is 0 Å². The maximum Gasteiger partial charge on any atom is 0.313 e. The molecule has 1 saturated carbocycles. The number of ether oxygens (including phenoxy) is 1. The molecule has 2 aliphatic rings. The van der Waals surface area contributed by atoms with Gasteiger partial charge < -0.3 is 4.74 Å². The molecule has 3 heteroatoms. The highest BCUT2D eigenvalue weighted by Crippen LogP contribution is 2.52. The fraction of sp³-hybridized carbons (Fsp3) is 0.286. The molecular formula is C21H18O2S. The smallest absolute Gasteiger partial charge is 0.313 e. The van der Waals surface area contributed by atoms with Gasteiger partial charge >= 0.3 is 5.97 Å². The number of hydrogen-bond donors (Lipinski definition) is 0. The summed E-state index contributed by atoms with van der Waals surface area (Å²) in [5, 5.41) is 2.60. The molecule has 1 saturated heterocycles. The van der Waals surface area contributed by atoms with Crippen LogP contribution >= 0.6 is 11.3 Å². The standard InChI is InChI=1S/C21H18O2S/c1-13-8-15-12-23-20(22)21(15,10-13)11-14-6-7-19-17(9-14)16-4-2-3-5-18(16)24-19/h2-7,9,15H,1,8,10-12H2. The molecule has 5 rings (SSSR count). The Morgan fingerprint density at radius 1 is 1.17 bits per heavy atom. The molecule has 2 nitrogen and oxygen atoms in total. The number of carbonyl (C=O) groups excluding carboxylic acids is 1. The monoisotopic (exact) mass is 334 g/mol. The van der Waals surface area contributed by atoms with Crippen LogP contribution in [0.1, 0.15) is 18.4 Å². The lowest BCUT2D eigenvalue weighted by Crippen LogP contribution is -2.31. The quantitative estimate of drug-likeness (QED) is 0.481. The molecule has 0 bridgehead atoms. The van der Waals surface area contributed by atoms with Crippen LogP contribution in [-0.2, 0) is 16.0 Å². The lowest BCUT2D eigenvalue weighted by molar-refractivity contribution is -0.146. The second kappa shape index (κ2) is 4.93. The van der Waals surface area contributed by atoms with Gasteiger partial charge in [0.1, 0.15) is 0 Å².